The Balaban J connectivity index is 1.81. The van der Waals surface area contributed by atoms with Gasteiger partial charge >= 0.3 is 0 Å². The van der Waals surface area contributed by atoms with E-state index in [1.165, 1.54) is 0 Å². The molecule has 24 heavy (non-hydrogen) atoms. The van der Waals surface area contributed by atoms with Gasteiger partial charge in [0, 0.05) is 35.6 Å². The van der Waals surface area contributed by atoms with E-state index in [0.29, 0.717) is 5.95 Å². The quantitative estimate of drug-likeness (QED) is 0.733. The lowest BCUT2D eigenvalue weighted by atomic mass is 10.2. The zero-order chi connectivity index (χ0) is 17.1. The minimum absolute atomic E-state index is 0.0721. The van der Waals surface area contributed by atoms with Crippen molar-refractivity contribution in [3.05, 3.63) is 40.2 Å². The van der Waals surface area contributed by atoms with E-state index in [0.717, 1.165) is 40.6 Å². The maximum Gasteiger partial charge on any atom is 0.223 e. The molecule has 0 saturated carbocycles. The van der Waals surface area contributed by atoms with Crippen molar-refractivity contribution in [1.82, 2.24) is 24.7 Å². The lowest BCUT2D eigenvalue weighted by molar-refractivity contribution is 0.598. The number of hydrogen-bond donors (Lipinski definition) is 1. The highest BCUT2D eigenvalue weighted by Gasteiger charge is 2.13. The topological polar surface area (TPSA) is 68.5 Å². The van der Waals surface area contributed by atoms with Crippen LogP contribution < -0.4 is 5.32 Å². The van der Waals surface area contributed by atoms with Crippen LogP contribution in [0, 0.1) is 13.8 Å². The Labute approximate surface area is 146 Å². The Morgan fingerprint density at radius 1 is 1.29 bits per heavy atom. The summed E-state index contributed by atoms with van der Waals surface area (Å²) < 4.78 is 1.97. The van der Waals surface area contributed by atoms with Crippen LogP contribution in [0.3, 0.4) is 0 Å². The van der Waals surface area contributed by atoms with Crippen LogP contribution in [-0.4, -0.2) is 24.7 Å². The van der Waals surface area contributed by atoms with Crippen molar-refractivity contribution < 1.29 is 0 Å². The van der Waals surface area contributed by atoms with Gasteiger partial charge in [0.1, 0.15) is 5.01 Å². The Morgan fingerprint density at radius 2 is 2.12 bits per heavy atom. The molecule has 3 rings (SSSR count). The van der Waals surface area contributed by atoms with Crippen molar-refractivity contribution >= 4 is 17.3 Å². The van der Waals surface area contributed by atoms with Crippen LogP contribution in [0.1, 0.15) is 42.7 Å². The van der Waals surface area contributed by atoms with E-state index in [9.17, 15) is 0 Å². The lowest BCUT2D eigenvalue weighted by Crippen LogP contribution is -2.09. The first-order chi connectivity index (χ1) is 11.6. The summed E-state index contributed by atoms with van der Waals surface area (Å²) in [6.07, 6.45) is 4.89. The zero-order valence-electron chi connectivity index (χ0n) is 14.4. The summed E-state index contributed by atoms with van der Waals surface area (Å²) in [7, 11) is 0. The van der Waals surface area contributed by atoms with E-state index >= 15 is 0 Å². The maximum atomic E-state index is 4.65. The number of nitrogens with one attached hydrogen (secondary N) is 1. The number of aryl methyl sites for hydroxylation is 3. The van der Waals surface area contributed by atoms with Crippen molar-refractivity contribution in [3.63, 3.8) is 0 Å². The summed E-state index contributed by atoms with van der Waals surface area (Å²) in [5.41, 5.74) is 3.95. The van der Waals surface area contributed by atoms with E-state index in [1.807, 2.05) is 24.6 Å². The third-order valence-corrected chi connectivity index (χ3v) is 4.83. The van der Waals surface area contributed by atoms with Crippen molar-refractivity contribution in [3.8, 4) is 11.3 Å². The van der Waals surface area contributed by atoms with Gasteiger partial charge in [0.2, 0.25) is 5.95 Å². The number of hydrogen-bond acceptors (Lipinski definition) is 6. The van der Waals surface area contributed by atoms with Gasteiger partial charge in [-0.1, -0.05) is 6.92 Å². The average Bonchev–Trinajstić information content (AvgIpc) is 3.14. The molecule has 3 aromatic heterocycles. The Morgan fingerprint density at radius 3 is 2.83 bits per heavy atom. The molecule has 3 aromatic rings. The lowest BCUT2D eigenvalue weighted by Gasteiger charge is -2.11. The van der Waals surface area contributed by atoms with Gasteiger partial charge in [-0.25, -0.2) is 15.0 Å². The van der Waals surface area contributed by atoms with Gasteiger partial charge in [-0.2, -0.15) is 5.10 Å². The highest BCUT2D eigenvalue weighted by Crippen LogP contribution is 2.24. The van der Waals surface area contributed by atoms with Crippen molar-refractivity contribution in [2.75, 3.05) is 5.32 Å². The van der Waals surface area contributed by atoms with Crippen LogP contribution in [0.5, 0.6) is 0 Å². The molecule has 0 bridgehead atoms. The second kappa shape index (κ2) is 7.09. The summed E-state index contributed by atoms with van der Waals surface area (Å²) in [6, 6.07) is 1.99. The predicted octanol–water partition coefficient (Wildman–Crippen LogP) is 4.00. The van der Waals surface area contributed by atoms with Crippen LogP contribution >= 0.6 is 11.3 Å². The SMILES string of the molecule is CCCn1cc(-c2ccnc(N[C@@H](C)c3nc(C)cs3)n2)c(C)n1. The first kappa shape index (κ1) is 16.6. The minimum Gasteiger partial charge on any atom is -0.345 e. The molecule has 0 amide bonds. The molecule has 0 aliphatic rings. The summed E-state index contributed by atoms with van der Waals surface area (Å²) >= 11 is 1.65. The van der Waals surface area contributed by atoms with Gasteiger partial charge in [-0.15, -0.1) is 11.3 Å². The Bertz CT molecular complexity index is 822. The molecular formula is C17H22N6S. The van der Waals surface area contributed by atoms with Gasteiger partial charge in [-0.05, 0) is 33.3 Å². The van der Waals surface area contributed by atoms with Crippen LogP contribution in [-0.2, 0) is 6.54 Å². The maximum absolute atomic E-state index is 4.65. The number of rotatable bonds is 6. The molecule has 6 nitrogen and oxygen atoms in total. The standard InChI is InChI=1S/C17H22N6S/c1-5-8-23-9-14(12(3)22-23)15-6-7-18-17(21-15)20-13(4)16-19-11(2)10-24-16/h6-7,9-10,13H,5,8H2,1-4H3,(H,18,20,21)/t13-/m0/s1. The molecule has 0 aromatic carbocycles. The van der Waals surface area contributed by atoms with E-state index < -0.39 is 0 Å². The minimum atomic E-state index is 0.0721. The summed E-state index contributed by atoms with van der Waals surface area (Å²) in [5, 5.41) is 11.0. The van der Waals surface area contributed by atoms with E-state index in [-0.39, 0.29) is 6.04 Å². The van der Waals surface area contributed by atoms with Gasteiger partial charge in [-0.3, -0.25) is 4.68 Å². The van der Waals surface area contributed by atoms with E-state index in [1.54, 1.807) is 17.5 Å². The van der Waals surface area contributed by atoms with Crippen molar-refractivity contribution in [2.24, 2.45) is 0 Å². The monoisotopic (exact) mass is 342 g/mol. The Hall–Kier alpha value is -2.28. The molecule has 0 saturated heterocycles. The highest BCUT2D eigenvalue weighted by molar-refractivity contribution is 7.09. The van der Waals surface area contributed by atoms with Gasteiger partial charge in [0.15, 0.2) is 0 Å². The molecule has 3 heterocycles. The molecule has 0 spiro atoms. The van der Waals surface area contributed by atoms with Crippen LogP contribution in [0.2, 0.25) is 0 Å². The summed E-state index contributed by atoms with van der Waals surface area (Å²) in [6.45, 7) is 9.14. The van der Waals surface area contributed by atoms with E-state index in [2.05, 4.69) is 50.8 Å². The number of thiazole rings is 1. The molecule has 0 aliphatic carbocycles. The molecule has 0 fully saturated rings. The number of aromatic nitrogens is 5. The van der Waals surface area contributed by atoms with E-state index in [4.69, 9.17) is 0 Å². The molecule has 1 N–H and O–H groups in total. The fourth-order valence-electron chi connectivity index (χ4n) is 2.52. The summed E-state index contributed by atoms with van der Waals surface area (Å²) in [5.74, 6) is 0.607. The van der Waals surface area contributed by atoms with Gasteiger partial charge in [0.05, 0.1) is 17.4 Å². The molecule has 0 aliphatic heterocycles. The van der Waals surface area contributed by atoms with Crippen LogP contribution in [0.25, 0.3) is 11.3 Å². The van der Waals surface area contributed by atoms with Gasteiger partial charge in [0.25, 0.3) is 0 Å². The third-order valence-electron chi connectivity index (χ3n) is 3.68. The van der Waals surface area contributed by atoms with Crippen LogP contribution in [0.4, 0.5) is 5.95 Å². The van der Waals surface area contributed by atoms with Crippen LogP contribution in [0.15, 0.2) is 23.8 Å². The second-order valence-electron chi connectivity index (χ2n) is 5.85. The molecule has 126 valence electrons. The molecule has 0 radical (unpaired) electrons. The number of anilines is 1. The van der Waals surface area contributed by atoms with Crippen molar-refractivity contribution in [2.45, 2.75) is 46.7 Å². The first-order valence-corrected chi connectivity index (χ1v) is 9.00. The molecule has 1 atom stereocenters. The second-order valence-corrected chi connectivity index (χ2v) is 6.74. The fraction of sp³-hybridized carbons (Fsp3) is 0.412. The molecule has 0 unspecified atom stereocenters. The third kappa shape index (κ3) is 3.62. The normalized spacial score (nSPS) is 12.3. The number of nitrogens with zero attached hydrogens (tertiary/aromatic N) is 5. The van der Waals surface area contributed by atoms with Gasteiger partial charge < -0.3 is 5.32 Å². The average molecular weight is 342 g/mol. The van der Waals surface area contributed by atoms with Crippen molar-refractivity contribution in [1.29, 1.82) is 0 Å². The fourth-order valence-corrected chi connectivity index (χ4v) is 3.32. The smallest absolute Gasteiger partial charge is 0.223 e. The zero-order valence-corrected chi connectivity index (χ0v) is 15.3. The Kier molecular flexibility index (Phi) is 4.89. The molecule has 7 heteroatoms. The summed E-state index contributed by atoms with van der Waals surface area (Å²) in [4.78, 5) is 13.5. The predicted molar refractivity (Wildman–Crippen MR) is 97.2 cm³/mol. The first-order valence-electron chi connectivity index (χ1n) is 8.13. The highest BCUT2D eigenvalue weighted by atomic mass is 32.1. The molecular weight excluding hydrogens is 320 g/mol. The largest absolute Gasteiger partial charge is 0.345 e.